The molecule has 4 saturated carbocycles. The summed E-state index contributed by atoms with van der Waals surface area (Å²) in [5.41, 5.74) is 0.402. The Bertz CT molecular complexity index is 689. The van der Waals surface area contributed by atoms with E-state index in [9.17, 15) is 14.7 Å². The Hall–Kier alpha value is -0.900. The summed E-state index contributed by atoms with van der Waals surface area (Å²) in [7, 11) is 0. The van der Waals surface area contributed by atoms with Gasteiger partial charge in [0.2, 0.25) is 0 Å². The van der Waals surface area contributed by atoms with Crippen molar-refractivity contribution in [2.24, 2.45) is 52.3 Å². The topological polar surface area (TPSA) is 74.6 Å². The van der Waals surface area contributed by atoms with Gasteiger partial charge in [0.1, 0.15) is 5.78 Å². The molecule has 0 amide bonds. The quantitative estimate of drug-likeness (QED) is 0.633. The number of aliphatic carboxylic acids is 1. The summed E-state index contributed by atoms with van der Waals surface area (Å²) in [6.07, 6.45) is 8.79. The Morgan fingerprint density at radius 2 is 1.80 bits per heavy atom. The zero-order valence-electron chi connectivity index (χ0n) is 19.4. The van der Waals surface area contributed by atoms with E-state index in [1.165, 1.54) is 19.3 Å². The maximum Gasteiger partial charge on any atom is 0.303 e. The zero-order valence-corrected chi connectivity index (χ0v) is 19.4. The molecule has 4 heteroatoms. The number of carboxylic acid groups (broad SMARTS) is 1. The number of aliphatic hydroxyl groups is 1. The summed E-state index contributed by atoms with van der Waals surface area (Å²) in [4.78, 5) is 23.4. The fraction of sp³-hybridized carbons (Fsp3) is 0.923. The van der Waals surface area contributed by atoms with Crippen molar-refractivity contribution in [3.8, 4) is 0 Å². The molecule has 170 valence electrons. The second kappa shape index (κ2) is 7.90. The van der Waals surface area contributed by atoms with Gasteiger partial charge in [-0.3, -0.25) is 9.59 Å². The van der Waals surface area contributed by atoms with Gasteiger partial charge in [-0.25, -0.2) is 0 Å². The summed E-state index contributed by atoms with van der Waals surface area (Å²) in [5.74, 6) is 2.69. The molecule has 30 heavy (non-hydrogen) atoms. The van der Waals surface area contributed by atoms with Crippen molar-refractivity contribution in [3.05, 3.63) is 0 Å². The molecule has 0 heterocycles. The Morgan fingerprint density at radius 1 is 1.10 bits per heavy atom. The van der Waals surface area contributed by atoms with Crippen molar-refractivity contribution in [1.82, 2.24) is 0 Å². The highest BCUT2D eigenvalue weighted by Crippen LogP contribution is 2.69. The molecule has 0 aromatic carbocycles. The Labute approximate surface area is 182 Å². The van der Waals surface area contributed by atoms with Gasteiger partial charge in [0, 0.05) is 19.3 Å². The number of aliphatic hydroxyl groups excluding tert-OH is 1. The fourth-order valence-electron chi connectivity index (χ4n) is 9.29. The van der Waals surface area contributed by atoms with E-state index in [1.54, 1.807) is 0 Å². The van der Waals surface area contributed by atoms with Crippen molar-refractivity contribution in [2.75, 3.05) is 0 Å². The van der Waals surface area contributed by atoms with E-state index in [2.05, 4.69) is 27.7 Å². The lowest BCUT2D eigenvalue weighted by atomic mass is 9.41. The number of ketones is 1. The highest BCUT2D eigenvalue weighted by Gasteiger charge is 2.64. The molecule has 2 N–H and O–H groups in total. The van der Waals surface area contributed by atoms with E-state index >= 15 is 0 Å². The summed E-state index contributed by atoms with van der Waals surface area (Å²) in [6.45, 7) is 9.35. The van der Waals surface area contributed by atoms with Gasteiger partial charge in [-0.2, -0.15) is 0 Å². The minimum Gasteiger partial charge on any atom is -0.481 e. The first kappa shape index (κ1) is 22.3. The van der Waals surface area contributed by atoms with Crippen molar-refractivity contribution in [1.29, 1.82) is 0 Å². The minimum absolute atomic E-state index is 0.187. The Kier molecular flexibility index (Phi) is 5.87. The van der Waals surface area contributed by atoms with Gasteiger partial charge in [0.15, 0.2) is 0 Å². The predicted molar refractivity (Wildman–Crippen MR) is 117 cm³/mol. The predicted octanol–water partition coefficient (Wildman–Crippen LogP) is 5.32. The molecule has 1 unspecified atom stereocenters. The molecule has 10 atom stereocenters. The molecule has 0 spiro atoms. The van der Waals surface area contributed by atoms with Crippen molar-refractivity contribution < 1.29 is 19.8 Å². The van der Waals surface area contributed by atoms with Crippen LogP contribution in [0.2, 0.25) is 0 Å². The maximum absolute atomic E-state index is 12.3. The van der Waals surface area contributed by atoms with Crippen LogP contribution in [-0.4, -0.2) is 28.1 Å². The van der Waals surface area contributed by atoms with Crippen LogP contribution in [0.3, 0.4) is 0 Å². The van der Waals surface area contributed by atoms with Crippen LogP contribution in [0.15, 0.2) is 0 Å². The lowest BCUT2D eigenvalue weighted by molar-refractivity contribution is -0.194. The lowest BCUT2D eigenvalue weighted by Crippen LogP contribution is -2.61. The molecule has 0 bridgehead atoms. The van der Waals surface area contributed by atoms with Gasteiger partial charge < -0.3 is 10.2 Å². The molecule has 4 rings (SSSR count). The number of rotatable bonds is 5. The molecule has 4 aliphatic carbocycles. The summed E-state index contributed by atoms with van der Waals surface area (Å²) < 4.78 is 0. The molecule has 0 saturated heterocycles. The fourth-order valence-corrected chi connectivity index (χ4v) is 9.29. The highest BCUT2D eigenvalue weighted by atomic mass is 16.4. The van der Waals surface area contributed by atoms with Crippen molar-refractivity contribution in [3.63, 3.8) is 0 Å². The van der Waals surface area contributed by atoms with E-state index in [4.69, 9.17) is 5.11 Å². The minimum atomic E-state index is -0.690. The molecule has 4 aliphatic rings. The van der Waals surface area contributed by atoms with Gasteiger partial charge in [0.05, 0.1) is 6.10 Å². The number of carbonyl (C=O) groups is 2. The van der Waals surface area contributed by atoms with Crippen molar-refractivity contribution >= 4 is 11.8 Å². The third kappa shape index (κ3) is 3.27. The molecule has 0 aromatic heterocycles. The SMILES string of the molecule is CC[C@H]1[C@@H](O)[C@@H]2[C@H](CC[C@]3(C)[C@@H](C(C)CCC(=O)O)CC[C@@H]23)[C@@]2(C)CCC(=O)C[C@@H]12. The average Bonchev–Trinajstić information content (AvgIpc) is 3.05. The third-order valence-electron chi connectivity index (χ3n) is 10.8. The molecular formula is C26H42O4. The third-order valence-corrected chi connectivity index (χ3v) is 10.8. The summed E-state index contributed by atoms with van der Waals surface area (Å²) in [5, 5.41) is 20.8. The molecule has 4 fully saturated rings. The number of hydrogen-bond acceptors (Lipinski definition) is 3. The van der Waals surface area contributed by atoms with E-state index in [-0.39, 0.29) is 29.3 Å². The van der Waals surface area contributed by atoms with Crippen LogP contribution in [0.4, 0.5) is 0 Å². The maximum atomic E-state index is 12.3. The van der Waals surface area contributed by atoms with Crippen LogP contribution in [0.5, 0.6) is 0 Å². The van der Waals surface area contributed by atoms with Crippen molar-refractivity contribution in [2.45, 2.75) is 98.0 Å². The Balaban J connectivity index is 1.62. The molecule has 4 nitrogen and oxygen atoms in total. The van der Waals surface area contributed by atoms with Gasteiger partial charge in [0.25, 0.3) is 0 Å². The van der Waals surface area contributed by atoms with Crippen LogP contribution in [-0.2, 0) is 9.59 Å². The Morgan fingerprint density at radius 3 is 2.47 bits per heavy atom. The van der Waals surface area contributed by atoms with Crippen LogP contribution < -0.4 is 0 Å². The second-order valence-electron chi connectivity index (χ2n) is 11.8. The average molecular weight is 419 g/mol. The van der Waals surface area contributed by atoms with Crippen LogP contribution >= 0.6 is 0 Å². The lowest BCUT2D eigenvalue weighted by Gasteiger charge is -2.64. The van der Waals surface area contributed by atoms with E-state index < -0.39 is 5.97 Å². The van der Waals surface area contributed by atoms with Crippen LogP contribution in [0.25, 0.3) is 0 Å². The van der Waals surface area contributed by atoms with E-state index in [0.29, 0.717) is 47.7 Å². The van der Waals surface area contributed by atoms with Gasteiger partial charge in [-0.1, -0.05) is 34.1 Å². The molecule has 0 aliphatic heterocycles. The second-order valence-corrected chi connectivity index (χ2v) is 11.8. The standard InChI is InChI=1S/C26H42O4/c1-5-17-21-14-16(27)10-12-26(21,4)20-11-13-25(3)18(15(2)6-9-22(28)29)7-8-19(25)23(20)24(17)30/h15,17-21,23-24,30H,5-14H2,1-4H3,(H,28,29)/t15?,17-,18-,19+,20+,21+,23+,24-,25-,26-/m1/s1. The first-order valence-corrected chi connectivity index (χ1v) is 12.5. The first-order chi connectivity index (χ1) is 14.1. The largest absolute Gasteiger partial charge is 0.481 e. The van der Waals surface area contributed by atoms with Crippen LogP contribution in [0.1, 0.15) is 91.9 Å². The number of carboxylic acids is 1. The first-order valence-electron chi connectivity index (χ1n) is 12.5. The van der Waals surface area contributed by atoms with E-state index in [0.717, 1.165) is 32.1 Å². The molecule has 0 radical (unpaired) electrons. The van der Waals surface area contributed by atoms with E-state index in [1.807, 2.05) is 0 Å². The number of carbonyl (C=O) groups excluding carboxylic acids is 1. The smallest absolute Gasteiger partial charge is 0.303 e. The summed E-state index contributed by atoms with van der Waals surface area (Å²) in [6, 6.07) is 0. The number of Topliss-reactive ketones (excluding diaryl/α,β-unsaturated/α-hetero) is 1. The normalized spacial score (nSPS) is 49.1. The van der Waals surface area contributed by atoms with Gasteiger partial charge >= 0.3 is 5.97 Å². The zero-order chi connectivity index (χ0) is 21.8. The molecular weight excluding hydrogens is 376 g/mol. The summed E-state index contributed by atoms with van der Waals surface area (Å²) >= 11 is 0. The monoisotopic (exact) mass is 418 g/mol. The van der Waals surface area contributed by atoms with Gasteiger partial charge in [-0.05, 0) is 90.8 Å². The molecule has 0 aromatic rings. The number of hydrogen-bond donors (Lipinski definition) is 2. The van der Waals surface area contributed by atoms with Gasteiger partial charge in [-0.15, -0.1) is 0 Å². The number of fused-ring (bicyclic) bond motifs is 5. The highest BCUT2D eigenvalue weighted by molar-refractivity contribution is 5.79. The van der Waals surface area contributed by atoms with Crippen LogP contribution in [0, 0.1) is 52.3 Å².